The van der Waals surface area contributed by atoms with Gasteiger partial charge in [-0.05, 0) is 19.4 Å². The summed E-state index contributed by atoms with van der Waals surface area (Å²) in [4.78, 5) is 20.0. The van der Waals surface area contributed by atoms with Crippen molar-refractivity contribution in [1.82, 2.24) is 9.97 Å². The van der Waals surface area contributed by atoms with Gasteiger partial charge < -0.3 is 10.3 Å². The van der Waals surface area contributed by atoms with E-state index >= 15 is 0 Å². The molecule has 0 unspecified atom stereocenters. The predicted molar refractivity (Wildman–Crippen MR) is 95.2 cm³/mol. The number of para-hydroxylation sites is 1. The average molecular weight is 366 g/mol. The van der Waals surface area contributed by atoms with E-state index in [4.69, 9.17) is 23.2 Å². The Bertz CT molecular complexity index is 917. The molecule has 1 amide bonds. The fraction of sp³-hybridized carbons (Fsp3) is 0.250. The van der Waals surface area contributed by atoms with Crippen molar-refractivity contribution >= 4 is 56.5 Å². The average Bonchev–Trinajstić information content (AvgIpc) is 2.94. The number of halogens is 2. The molecule has 1 atom stereocenters. The van der Waals surface area contributed by atoms with Crippen LogP contribution in [0.4, 0.5) is 5.13 Å². The van der Waals surface area contributed by atoms with Gasteiger partial charge in [0, 0.05) is 28.0 Å². The highest BCUT2D eigenvalue weighted by atomic mass is 35.5. The first-order valence-corrected chi connectivity index (χ1v) is 8.76. The molecule has 1 aliphatic rings. The Morgan fingerprint density at radius 1 is 1.39 bits per heavy atom. The summed E-state index contributed by atoms with van der Waals surface area (Å²) in [6.45, 7) is 1.76. The minimum atomic E-state index is -0.978. The second-order valence-corrected chi connectivity index (χ2v) is 8.30. The van der Waals surface area contributed by atoms with Crippen molar-refractivity contribution < 1.29 is 4.79 Å². The largest absolute Gasteiger partial charge is 0.360 e. The smallest absolute Gasteiger partial charge is 0.235 e. The minimum absolute atomic E-state index is 0.192. The van der Waals surface area contributed by atoms with E-state index in [1.807, 2.05) is 35.8 Å². The first-order valence-electron chi connectivity index (χ1n) is 7.12. The van der Waals surface area contributed by atoms with Crippen molar-refractivity contribution in [3.63, 3.8) is 0 Å². The number of nitrogens with zero attached hydrogens (tertiary/aromatic N) is 1. The molecule has 2 aromatic heterocycles. The lowest BCUT2D eigenvalue weighted by Gasteiger charge is -2.10. The van der Waals surface area contributed by atoms with Crippen molar-refractivity contribution in [2.75, 3.05) is 5.32 Å². The number of amides is 1. The number of carbonyl (C=O) groups excluding carboxylic acids is 1. The number of aromatic nitrogens is 2. The predicted octanol–water partition coefficient (Wildman–Crippen LogP) is 4.81. The van der Waals surface area contributed by atoms with E-state index in [0.29, 0.717) is 11.6 Å². The number of rotatable bonds is 3. The highest BCUT2D eigenvalue weighted by Gasteiger charge is 2.68. The number of hydrogen-bond donors (Lipinski definition) is 2. The molecule has 118 valence electrons. The summed E-state index contributed by atoms with van der Waals surface area (Å²) in [5.41, 5.74) is 2.15. The third-order valence-corrected chi connectivity index (χ3v) is 6.21. The van der Waals surface area contributed by atoms with E-state index in [1.165, 1.54) is 11.3 Å². The monoisotopic (exact) mass is 365 g/mol. The van der Waals surface area contributed by atoms with Crippen LogP contribution in [0.5, 0.6) is 0 Å². The number of nitrogens with one attached hydrogen (secondary N) is 2. The maximum Gasteiger partial charge on any atom is 0.235 e. The van der Waals surface area contributed by atoms with Gasteiger partial charge in [-0.15, -0.1) is 34.5 Å². The zero-order chi connectivity index (χ0) is 16.2. The maximum absolute atomic E-state index is 12.3. The van der Waals surface area contributed by atoms with Crippen molar-refractivity contribution in [3.05, 3.63) is 35.8 Å². The van der Waals surface area contributed by atoms with Crippen LogP contribution in [-0.2, 0) is 4.79 Å². The Morgan fingerprint density at radius 3 is 2.87 bits per heavy atom. The summed E-state index contributed by atoms with van der Waals surface area (Å²) < 4.78 is -0.978. The van der Waals surface area contributed by atoms with Gasteiger partial charge in [-0.2, -0.15) is 0 Å². The molecule has 3 aromatic rings. The summed E-state index contributed by atoms with van der Waals surface area (Å²) >= 11 is 13.5. The number of alkyl halides is 2. The molecule has 1 aromatic carbocycles. The Labute approximate surface area is 146 Å². The quantitative estimate of drug-likeness (QED) is 0.654. The molecule has 0 bridgehead atoms. The molecule has 1 aliphatic carbocycles. The SMILES string of the molecule is C[C@@]1(C(=O)Nc2nc(-c3c[nH]c4ccccc34)cs2)CC1(Cl)Cl. The molecule has 1 fully saturated rings. The van der Waals surface area contributed by atoms with Gasteiger partial charge in [0.2, 0.25) is 5.91 Å². The van der Waals surface area contributed by atoms with E-state index in [2.05, 4.69) is 15.3 Å². The Hall–Kier alpha value is -1.56. The van der Waals surface area contributed by atoms with Crippen LogP contribution < -0.4 is 5.32 Å². The fourth-order valence-corrected chi connectivity index (χ4v) is 4.03. The van der Waals surface area contributed by atoms with Crippen LogP contribution in [0.1, 0.15) is 13.3 Å². The first-order chi connectivity index (χ1) is 10.9. The summed E-state index contributed by atoms with van der Waals surface area (Å²) in [6, 6.07) is 8.03. The summed E-state index contributed by atoms with van der Waals surface area (Å²) in [6.07, 6.45) is 2.38. The second-order valence-electron chi connectivity index (χ2n) is 5.95. The number of H-pyrrole nitrogens is 1. The zero-order valence-electron chi connectivity index (χ0n) is 12.2. The van der Waals surface area contributed by atoms with E-state index in [-0.39, 0.29) is 5.91 Å². The molecule has 23 heavy (non-hydrogen) atoms. The molecule has 7 heteroatoms. The van der Waals surface area contributed by atoms with Crippen molar-refractivity contribution in [2.24, 2.45) is 5.41 Å². The molecule has 0 saturated heterocycles. The zero-order valence-corrected chi connectivity index (χ0v) is 14.5. The number of anilines is 1. The molecule has 1 saturated carbocycles. The van der Waals surface area contributed by atoms with E-state index in [9.17, 15) is 4.79 Å². The topological polar surface area (TPSA) is 57.8 Å². The fourth-order valence-electron chi connectivity index (χ4n) is 2.62. The number of aromatic amines is 1. The van der Waals surface area contributed by atoms with Crippen LogP contribution in [0.15, 0.2) is 35.8 Å². The number of benzene rings is 1. The molecule has 0 radical (unpaired) electrons. The second kappa shape index (κ2) is 4.97. The Morgan fingerprint density at radius 2 is 2.13 bits per heavy atom. The van der Waals surface area contributed by atoms with Gasteiger partial charge in [0.05, 0.1) is 11.1 Å². The maximum atomic E-state index is 12.3. The molecule has 4 nitrogen and oxygen atoms in total. The minimum Gasteiger partial charge on any atom is -0.360 e. The van der Waals surface area contributed by atoms with Crippen molar-refractivity contribution in [2.45, 2.75) is 17.7 Å². The molecule has 0 aliphatic heterocycles. The van der Waals surface area contributed by atoms with Crippen LogP contribution in [0.25, 0.3) is 22.2 Å². The van der Waals surface area contributed by atoms with Gasteiger partial charge in [0.15, 0.2) is 5.13 Å². The van der Waals surface area contributed by atoms with Crippen LogP contribution in [0, 0.1) is 5.41 Å². The summed E-state index contributed by atoms with van der Waals surface area (Å²) in [5.74, 6) is -0.192. The van der Waals surface area contributed by atoms with E-state index < -0.39 is 9.75 Å². The highest BCUT2D eigenvalue weighted by molar-refractivity contribution is 7.14. The molecular weight excluding hydrogens is 353 g/mol. The molecule has 0 spiro atoms. The number of thiazole rings is 1. The van der Waals surface area contributed by atoms with Gasteiger partial charge in [0.25, 0.3) is 0 Å². The highest BCUT2D eigenvalue weighted by Crippen LogP contribution is 2.64. The van der Waals surface area contributed by atoms with Crippen LogP contribution in [0.3, 0.4) is 0 Å². The van der Waals surface area contributed by atoms with Crippen molar-refractivity contribution in [1.29, 1.82) is 0 Å². The molecule has 4 rings (SSSR count). The van der Waals surface area contributed by atoms with E-state index in [1.54, 1.807) is 6.92 Å². The van der Waals surface area contributed by atoms with Crippen molar-refractivity contribution in [3.8, 4) is 11.3 Å². The Balaban J connectivity index is 1.59. The standard InChI is InChI=1S/C16H13Cl2N3OS/c1-15(8-16(15,17)18)13(22)21-14-20-12(7-23-14)10-6-19-11-5-3-2-4-9(10)11/h2-7,19H,8H2,1H3,(H,20,21,22)/t15-/m0/s1. The summed E-state index contributed by atoms with van der Waals surface area (Å²) in [7, 11) is 0. The lowest BCUT2D eigenvalue weighted by molar-refractivity contribution is -0.120. The van der Waals surface area contributed by atoms with Gasteiger partial charge in [-0.3, -0.25) is 4.79 Å². The number of fused-ring (bicyclic) bond motifs is 1. The molecular formula is C16H13Cl2N3OS. The molecule has 2 N–H and O–H groups in total. The number of carbonyl (C=O) groups is 1. The third kappa shape index (κ3) is 2.35. The lowest BCUT2D eigenvalue weighted by Crippen LogP contribution is -2.25. The van der Waals surface area contributed by atoms with Gasteiger partial charge in [-0.25, -0.2) is 4.98 Å². The summed E-state index contributed by atoms with van der Waals surface area (Å²) in [5, 5.41) is 6.40. The van der Waals surface area contributed by atoms with E-state index in [0.717, 1.165) is 22.2 Å². The number of hydrogen-bond acceptors (Lipinski definition) is 3. The normalized spacial score (nSPS) is 22.2. The van der Waals surface area contributed by atoms with Crippen LogP contribution in [-0.4, -0.2) is 20.2 Å². The molecule has 2 heterocycles. The van der Waals surface area contributed by atoms with Gasteiger partial charge in [0.1, 0.15) is 4.33 Å². The van der Waals surface area contributed by atoms with Crippen LogP contribution >= 0.6 is 34.5 Å². The van der Waals surface area contributed by atoms with Gasteiger partial charge in [-0.1, -0.05) is 18.2 Å². The Kier molecular flexibility index (Phi) is 3.24. The van der Waals surface area contributed by atoms with Crippen LogP contribution in [0.2, 0.25) is 0 Å². The lowest BCUT2D eigenvalue weighted by atomic mass is 10.1. The van der Waals surface area contributed by atoms with Gasteiger partial charge >= 0.3 is 0 Å². The third-order valence-electron chi connectivity index (χ3n) is 4.35. The first kappa shape index (κ1) is 15.0.